The van der Waals surface area contributed by atoms with Crippen molar-refractivity contribution >= 4 is 23.4 Å². The van der Waals surface area contributed by atoms with E-state index in [-0.39, 0.29) is 11.7 Å². The van der Waals surface area contributed by atoms with E-state index in [1.165, 1.54) is 6.07 Å². The van der Waals surface area contributed by atoms with Gasteiger partial charge in [0.25, 0.3) is 0 Å². The van der Waals surface area contributed by atoms with Gasteiger partial charge in [0.1, 0.15) is 18.2 Å². The minimum Gasteiger partial charge on any atom is -0.489 e. The minimum atomic E-state index is -0.349. The maximum atomic E-state index is 14.3. The number of halogens is 1. The van der Waals surface area contributed by atoms with Gasteiger partial charge in [-0.25, -0.2) is 14.4 Å². The van der Waals surface area contributed by atoms with Crippen LogP contribution in [-0.2, 0) is 16.1 Å². The Hall–Kier alpha value is -3.38. The lowest BCUT2D eigenvalue weighted by atomic mass is 9.98. The molecule has 2 aliphatic heterocycles. The number of thioether (sulfide) groups is 1. The van der Waals surface area contributed by atoms with E-state index in [9.17, 15) is 9.18 Å². The number of carbonyl (C=O) groups excluding carboxylic acids is 1. The molecule has 34 heavy (non-hydrogen) atoms. The molecule has 3 heterocycles. The Bertz CT molecular complexity index is 1200. The van der Waals surface area contributed by atoms with Crippen LogP contribution in [0, 0.1) is 17.1 Å². The maximum Gasteiger partial charge on any atom is 0.247 e. The highest BCUT2D eigenvalue weighted by molar-refractivity contribution is 7.99. The molecule has 0 spiro atoms. The summed E-state index contributed by atoms with van der Waals surface area (Å²) in [5.74, 6) is 0.448. The van der Waals surface area contributed by atoms with Crippen LogP contribution < -0.4 is 10.2 Å². The highest BCUT2D eigenvalue weighted by Gasteiger charge is 2.28. The molecule has 0 bridgehead atoms. The maximum absolute atomic E-state index is 14.3. The second kappa shape index (κ2) is 9.85. The summed E-state index contributed by atoms with van der Waals surface area (Å²) in [5.41, 5.74) is 3.57. The quantitative estimate of drug-likeness (QED) is 0.632. The topological polar surface area (TPSA) is 91.1 Å². The van der Waals surface area contributed by atoms with Crippen LogP contribution in [0.4, 0.5) is 10.1 Å². The third-order valence-corrected chi connectivity index (χ3v) is 7.52. The van der Waals surface area contributed by atoms with Gasteiger partial charge in [-0.15, -0.1) is 0 Å². The summed E-state index contributed by atoms with van der Waals surface area (Å²) in [7, 11) is 0. The van der Waals surface area contributed by atoms with Gasteiger partial charge < -0.3 is 15.0 Å². The van der Waals surface area contributed by atoms with E-state index < -0.39 is 0 Å². The lowest BCUT2D eigenvalue weighted by molar-refractivity contribution is -0.116. The summed E-state index contributed by atoms with van der Waals surface area (Å²) in [6, 6.07) is 6.60. The van der Waals surface area contributed by atoms with Crippen LogP contribution in [0.15, 0.2) is 58.7 Å². The van der Waals surface area contributed by atoms with E-state index >= 15 is 0 Å². The van der Waals surface area contributed by atoms with Crippen LogP contribution in [0.25, 0.3) is 0 Å². The highest BCUT2D eigenvalue weighted by Crippen LogP contribution is 2.32. The molecule has 1 amide bonds. The van der Waals surface area contributed by atoms with Gasteiger partial charge in [-0.05, 0) is 50.0 Å². The Balaban J connectivity index is 1.12. The average molecular weight is 478 g/mol. The summed E-state index contributed by atoms with van der Waals surface area (Å²) in [5, 5.41) is 12.9. The zero-order valence-corrected chi connectivity index (χ0v) is 19.4. The van der Waals surface area contributed by atoms with E-state index in [4.69, 9.17) is 10.00 Å². The zero-order valence-electron chi connectivity index (χ0n) is 18.6. The Kier molecular flexibility index (Phi) is 6.50. The van der Waals surface area contributed by atoms with Crippen molar-refractivity contribution in [1.29, 1.82) is 5.26 Å². The van der Waals surface area contributed by atoms with Gasteiger partial charge in [-0.1, -0.05) is 11.8 Å². The van der Waals surface area contributed by atoms with E-state index in [0.29, 0.717) is 29.7 Å². The first-order valence-corrected chi connectivity index (χ1v) is 12.2. The van der Waals surface area contributed by atoms with Crippen molar-refractivity contribution in [1.82, 2.24) is 15.3 Å². The normalized spacial score (nSPS) is 18.3. The zero-order chi connectivity index (χ0) is 23.5. The lowest BCUT2D eigenvalue weighted by Gasteiger charge is -2.33. The van der Waals surface area contributed by atoms with Gasteiger partial charge >= 0.3 is 0 Å². The van der Waals surface area contributed by atoms with Gasteiger partial charge in [0.05, 0.1) is 17.3 Å². The summed E-state index contributed by atoms with van der Waals surface area (Å²) >= 11 is 1.65. The number of nitrogens with zero attached hydrogens (tertiary/aromatic N) is 4. The summed E-state index contributed by atoms with van der Waals surface area (Å²) < 4.78 is 20.3. The van der Waals surface area contributed by atoms with Gasteiger partial charge in [0.15, 0.2) is 5.16 Å². The first kappa shape index (κ1) is 22.4. The molecule has 5 rings (SSSR count). The van der Waals surface area contributed by atoms with Crippen molar-refractivity contribution in [3.05, 3.63) is 70.5 Å². The van der Waals surface area contributed by atoms with Gasteiger partial charge in [-0.2, -0.15) is 5.26 Å². The highest BCUT2D eigenvalue weighted by atomic mass is 32.2. The summed E-state index contributed by atoms with van der Waals surface area (Å²) in [6.07, 6.45) is 8.99. The fraction of sp³-hybridized carbons (Fsp3) is 0.360. The number of aromatic nitrogens is 2. The number of rotatable bonds is 6. The van der Waals surface area contributed by atoms with Crippen LogP contribution >= 0.6 is 11.8 Å². The molecule has 1 fully saturated rings. The Morgan fingerprint density at radius 3 is 2.76 bits per heavy atom. The molecule has 1 N–H and O–H groups in total. The Morgan fingerprint density at radius 1 is 1.24 bits per heavy atom. The first-order valence-electron chi connectivity index (χ1n) is 11.4. The number of benzene rings is 1. The first-order chi connectivity index (χ1) is 16.6. The minimum absolute atomic E-state index is 0.0155. The second-order valence-corrected chi connectivity index (χ2v) is 9.76. The average Bonchev–Trinajstić information content (AvgIpc) is 3.25. The van der Waals surface area contributed by atoms with Crippen molar-refractivity contribution in [2.75, 3.05) is 24.5 Å². The second-order valence-electron chi connectivity index (χ2n) is 8.49. The predicted octanol–water partition coefficient (Wildman–Crippen LogP) is 3.87. The number of amides is 1. The molecule has 1 saturated heterocycles. The Labute approximate surface area is 201 Å². The van der Waals surface area contributed by atoms with Crippen molar-refractivity contribution in [3.8, 4) is 6.07 Å². The third-order valence-electron chi connectivity index (χ3n) is 6.29. The largest absolute Gasteiger partial charge is 0.489 e. The SMILES string of the molecule is N#Cc1ccc(N2CCC(Sc3ncc(COC4=CCCC5=C4CNC5=O)cn3)CC2)c(F)c1. The van der Waals surface area contributed by atoms with Crippen molar-refractivity contribution in [2.45, 2.75) is 42.7 Å². The molecule has 1 aliphatic carbocycles. The predicted molar refractivity (Wildman–Crippen MR) is 126 cm³/mol. The van der Waals surface area contributed by atoms with E-state index in [1.54, 1.807) is 36.3 Å². The Morgan fingerprint density at radius 2 is 2.03 bits per heavy atom. The molecule has 9 heteroatoms. The van der Waals surface area contributed by atoms with E-state index in [0.717, 1.165) is 66.4 Å². The van der Waals surface area contributed by atoms with Crippen LogP contribution in [0.1, 0.15) is 36.8 Å². The van der Waals surface area contributed by atoms with Crippen molar-refractivity contribution in [3.63, 3.8) is 0 Å². The molecule has 1 aromatic carbocycles. The van der Waals surface area contributed by atoms with Crippen LogP contribution in [0.5, 0.6) is 0 Å². The van der Waals surface area contributed by atoms with Gasteiger partial charge in [-0.3, -0.25) is 4.79 Å². The summed E-state index contributed by atoms with van der Waals surface area (Å²) in [4.78, 5) is 22.9. The fourth-order valence-corrected chi connectivity index (χ4v) is 5.44. The van der Waals surface area contributed by atoms with Crippen LogP contribution in [0.3, 0.4) is 0 Å². The third kappa shape index (κ3) is 4.77. The monoisotopic (exact) mass is 477 g/mol. The molecule has 3 aliphatic rings. The van der Waals surface area contributed by atoms with Crippen LogP contribution in [0.2, 0.25) is 0 Å². The lowest BCUT2D eigenvalue weighted by Crippen LogP contribution is -2.35. The number of piperidine rings is 1. The van der Waals surface area contributed by atoms with E-state index in [1.807, 2.05) is 17.0 Å². The number of carbonyl (C=O) groups is 1. The number of ether oxygens (including phenoxy) is 1. The number of anilines is 1. The van der Waals surface area contributed by atoms with Crippen molar-refractivity contribution < 1.29 is 13.9 Å². The molecule has 0 saturated carbocycles. The smallest absolute Gasteiger partial charge is 0.247 e. The molecule has 2 aromatic rings. The number of nitrogens with one attached hydrogen (secondary N) is 1. The van der Waals surface area contributed by atoms with Crippen molar-refractivity contribution in [2.24, 2.45) is 0 Å². The number of hydrogen-bond donors (Lipinski definition) is 1. The molecule has 0 atom stereocenters. The standard InChI is InChI=1S/C25H24FN5O2S/c26-21-10-16(11-27)4-5-22(21)31-8-6-18(7-9-31)34-25-29-12-17(13-30-25)15-33-23-3-1-2-19-20(23)14-28-24(19)32/h3-5,10,12-13,18H,1-2,6-9,14-15H2,(H,28,32). The fourth-order valence-electron chi connectivity index (χ4n) is 4.47. The molecule has 0 radical (unpaired) electrons. The number of nitriles is 1. The molecule has 7 nitrogen and oxygen atoms in total. The van der Waals surface area contributed by atoms with Gasteiger partial charge in [0, 0.05) is 54.0 Å². The van der Waals surface area contributed by atoms with Crippen LogP contribution in [-0.4, -0.2) is 40.8 Å². The van der Waals surface area contributed by atoms with Gasteiger partial charge in [0.2, 0.25) is 5.91 Å². The number of allylic oxidation sites excluding steroid dienone is 1. The molecular formula is C25H24FN5O2S. The summed E-state index contributed by atoms with van der Waals surface area (Å²) in [6.45, 7) is 2.38. The van der Waals surface area contributed by atoms with E-state index in [2.05, 4.69) is 15.3 Å². The molecular weight excluding hydrogens is 453 g/mol. The number of hydrogen-bond acceptors (Lipinski definition) is 7. The molecule has 174 valence electrons. The molecule has 0 unspecified atom stereocenters. The molecule has 1 aromatic heterocycles.